The molecule has 0 atom stereocenters. The lowest BCUT2D eigenvalue weighted by Crippen LogP contribution is -2.21. The maximum Gasteiger partial charge on any atom is 0.246 e. The van der Waals surface area contributed by atoms with E-state index in [2.05, 4.69) is 15.5 Å². The van der Waals surface area contributed by atoms with E-state index in [1.165, 1.54) is 11.3 Å². The van der Waals surface area contributed by atoms with Crippen LogP contribution < -0.4 is 5.43 Å². The van der Waals surface area contributed by atoms with Gasteiger partial charge in [-0.3, -0.25) is 4.79 Å². The minimum atomic E-state index is -0.138. The number of hydrogen-bond acceptors (Lipinski definition) is 4. The molecule has 0 aliphatic heterocycles. The Balaban J connectivity index is 1.98. The van der Waals surface area contributed by atoms with Crippen molar-refractivity contribution in [2.75, 3.05) is 0 Å². The summed E-state index contributed by atoms with van der Waals surface area (Å²) >= 11 is 1.49. The van der Waals surface area contributed by atoms with Crippen LogP contribution >= 0.6 is 11.3 Å². The van der Waals surface area contributed by atoms with Crippen molar-refractivity contribution < 1.29 is 4.79 Å². The Labute approximate surface area is 122 Å². The Hall–Kier alpha value is -2.01. The maximum absolute atomic E-state index is 11.8. The molecule has 2 aromatic rings. The number of carbonyl (C=O) groups is 1. The molecule has 2 rings (SSSR count). The van der Waals surface area contributed by atoms with E-state index in [1.807, 2.05) is 49.6 Å². The fourth-order valence-corrected chi connectivity index (χ4v) is 2.54. The van der Waals surface area contributed by atoms with Gasteiger partial charge in [-0.05, 0) is 18.9 Å². The maximum atomic E-state index is 11.8. The van der Waals surface area contributed by atoms with Crippen LogP contribution in [0.25, 0.3) is 0 Å². The molecule has 0 aliphatic rings. The van der Waals surface area contributed by atoms with E-state index >= 15 is 0 Å². The second kappa shape index (κ2) is 6.96. The highest BCUT2D eigenvalue weighted by Gasteiger charge is 2.07. The molecule has 1 aromatic carbocycles. The highest BCUT2D eigenvalue weighted by Crippen LogP contribution is 2.09. The molecule has 0 saturated carbocycles. The van der Waals surface area contributed by atoms with Crippen LogP contribution in [-0.2, 0) is 11.2 Å². The van der Waals surface area contributed by atoms with Gasteiger partial charge in [0.1, 0.15) is 5.01 Å². The molecule has 0 fully saturated rings. The summed E-state index contributed by atoms with van der Waals surface area (Å²) in [5.74, 6) is -0.138. The van der Waals surface area contributed by atoms with Crippen molar-refractivity contribution in [3.63, 3.8) is 0 Å². The van der Waals surface area contributed by atoms with Crippen LogP contribution in [0.3, 0.4) is 0 Å². The summed E-state index contributed by atoms with van der Waals surface area (Å²) in [6.07, 6.45) is 1.04. The number of aromatic nitrogens is 1. The van der Waals surface area contributed by atoms with Crippen LogP contribution in [0.4, 0.5) is 0 Å². The first-order valence-corrected chi connectivity index (χ1v) is 7.39. The molecule has 0 unspecified atom stereocenters. The third-order valence-corrected chi connectivity index (χ3v) is 3.70. The highest BCUT2D eigenvalue weighted by molar-refractivity contribution is 7.09. The topological polar surface area (TPSA) is 54.4 Å². The molecule has 1 amide bonds. The predicted octanol–water partition coefficient (Wildman–Crippen LogP) is 2.92. The normalized spacial score (nSPS) is 11.4. The van der Waals surface area contributed by atoms with Crippen molar-refractivity contribution in [3.8, 4) is 0 Å². The van der Waals surface area contributed by atoms with Gasteiger partial charge >= 0.3 is 0 Å². The summed E-state index contributed by atoms with van der Waals surface area (Å²) in [5.41, 5.74) is 5.45. The van der Waals surface area contributed by atoms with Gasteiger partial charge in [-0.2, -0.15) is 5.10 Å². The molecule has 20 heavy (non-hydrogen) atoms. The first-order valence-electron chi connectivity index (χ1n) is 6.51. The number of carbonyl (C=O) groups excluding carboxylic acids is 1. The second-order valence-electron chi connectivity index (χ2n) is 4.37. The van der Waals surface area contributed by atoms with Crippen molar-refractivity contribution in [2.24, 2.45) is 5.10 Å². The zero-order valence-electron chi connectivity index (χ0n) is 11.6. The van der Waals surface area contributed by atoms with E-state index in [1.54, 1.807) is 0 Å². The Kier molecular flexibility index (Phi) is 5.01. The summed E-state index contributed by atoms with van der Waals surface area (Å²) in [4.78, 5) is 16.1. The number of hydrogen-bond donors (Lipinski definition) is 1. The quantitative estimate of drug-likeness (QED) is 0.679. The van der Waals surface area contributed by atoms with Crippen molar-refractivity contribution in [2.45, 2.75) is 26.7 Å². The van der Waals surface area contributed by atoms with Crippen LogP contribution in [0.15, 0.2) is 40.8 Å². The number of hydrazone groups is 1. The van der Waals surface area contributed by atoms with E-state index < -0.39 is 0 Å². The summed E-state index contributed by atoms with van der Waals surface area (Å²) in [6.45, 7) is 3.93. The number of aryl methyl sites for hydroxylation is 1. The molecule has 0 bridgehead atoms. The Morgan fingerprint density at radius 2 is 2.10 bits per heavy atom. The Morgan fingerprint density at radius 1 is 1.35 bits per heavy atom. The molecule has 0 aliphatic carbocycles. The molecule has 104 valence electrons. The molecule has 1 N–H and O–H groups in total. The third kappa shape index (κ3) is 3.99. The van der Waals surface area contributed by atoms with Crippen LogP contribution in [0.5, 0.6) is 0 Å². The van der Waals surface area contributed by atoms with Gasteiger partial charge in [0.2, 0.25) is 5.91 Å². The average Bonchev–Trinajstić information content (AvgIpc) is 2.86. The molecule has 5 heteroatoms. The number of nitrogens with zero attached hydrogens (tertiary/aromatic N) is 2. The summed E-state index contributed by atoms with van der Waals surface area (Å²) in [5, 5.41) is 6.96. The first-order chi connectivity index (χ1) is 9.69. The van der Waals surface area contributed by atoms with Gasteiger partial charge in [0.15, 0.2) is 0 Å². The van der Waals surface area contributed by atoms with E-state index in [0.717, 1.165) is 28.4 Å². The standard InChI is InChI=1S/C15H17N3OS/c1-3-13(12-7-5-4-6-8-12)17-18-14(19)9-15-16-11(2)10-20-15/h4-8,10H,3,9H2,1-2H3,(H,18,19)/b17-13-. The summed E-state index contributed by atoms with van der Waals surface area (Å²) in [7, 11) is 0. The zero-order chi connectivity index (χ0) is 14.4. The minimum Gasteiger partial charge on any atom is -0.273 e. The van der Waals surface area contributed by atoms with Crippen LogP contribution in [-0.4, -0.2) is 16.6 Å². The Bertz CT molecular complexity index is 605. The molecule has 1 heterocycles. The lowest BCUT2D eigenvalue weighted by molar-refractivity contribution is -0.120. The van der Waals surface area contributed by atoms with E-state index in [0.29, 0.717) is 0 Å². The fourth-order valence-electron chi connectivity index (χ4n) is 1.77. The SMILES string of the molecule is CC/C(=N/NC(=O)Cc1nc(C)cs1)c1ccccc1. The van der Waals surface area contributed by atoms with Crippen molar-refractivity contribution >= 4 is 23.0 Å². The monoisotopic (exact) mass is 287 g/mol. The van der Waals surface area contributed by atoms with E-state index in [9.17, 15) is 4.79 Å². The molecular weight excluding hydrogens is 270 g/mol. The molecule has 4 nitrogen and oxygen atoms in total. The number of nitrogens with one attached hydrogen (secondary N) is 1. The zero-order valence-corrected chi connectivity index (χ0v) is 12.4. The van der Waals surface area contributed by atoms with Crippen molar-refractivity contribution in [1.29, 1.82) is 0 Å². The number of benzene rings is 1. The smallest absolute Gasteiger partial charge is 0.246 e. The highest BCUT2D eigenvalue weighted by atomic mass is 32.1. The number of amides is 1. The van der Waals surface area contributed by atoms with E-state index in [4.69, 9.17) is 0 Å². The van der Waals surface area contributed by atoms with Crippen LogP contribution in [0, 0.1) is 6.92 Å². The number of thiazole rings is 1. The molecule has 0 radical (unpaired) electrons. The molecular formula is C15H17N3OS. The average molecular weight is 287 g/mol. The predicted molar refractivity (Wildman–Crippen MR) is 82.0 cm³/mol. The third-order valence-electron chi connectivity index (χ3n) is 2.74. The lowest BCUT2D eigenvalue weighted by Gasteiger charge is -2.04. The van der Waals surface area contributed by atoms with Crippen LogP contribution in [0.1, 0.15) is 29.6 Å². The molecule has 1 aromatic heterocycles. The number of rotatable bonds is 5. The second-order valence-corrected chi connectivity index (χ2v) is 5.32. The van der Waals surface area contributed by atoms with E-state index in [-0.39, 0.29) is 12.3 Å². The fraction of sp³-hybridized carbons (Fsp3) is 0.267. The molecule has 0 spiro atoms. The van der Waals surface area contributed by atoms with Gasteiger partial charge in [0.05, 0.1) is 12.1 Å². The van der Waals surface area contributed by atoms with Gasteiger partial charge in [0, 0.05) is 11.1 Å². The molecule has 0 saturated heterocycles. The minimum absolute atomic E-state index is 0.138. The van der Waals surface area contributed by atoms with Gasteiger partial charge < -0.3 is 0 Å². The van der Waals surface area contributed by atoms with Crippen LogP contribution in [0.2, 0.25) is 0 Å². The largest absolute Gasteiger partial charge is 0.273 e. The lowest BCUT2D eigenvalue weighted by atomic mass is 10.1. The van der Waals surface area contributed by atoms with Gasteiger partial charge in [0.25, 0.3) is 0 Å². The van der Waals surface area contributed by atoms with Gasteiger partial charge in [-0.1, -0.05) is 37.3 Å². The summed E-state index contributed by atoms with van der Waals surface area (Å²) < 4.78 is 0. The summed E-state index contributed by atoms with van der Waals surface area (Å²) in [6, 6.07) is 9.85. The van der Waals surface area contributed by atoms with Crippen molar-refractivity contribution in [3.05, 3.63) is 52.0 Å². The van der Waals surface area contributed by atoms with Gasteiger partial charge in [-0.25, -0.2) is 10.4 Å². The Morgan fingerprint density at radius 3 is 2.70 bits per heavy atom. The first kappa shape index (κ1) is 14.4. The van der Waals surface area contributed by atoms with Gasteiger partial charge in [-0.15, -0.1) is 11.3 Å². The van der Waals surface area contributed by atoms with Crippen molar-refractivity contribution in [1.82, 2.24) is 10.4 Å².